The highest BCUT2D eigenvalue weighted by atomic mass is 79.9. The number of rotatable bonds is 5. The number of carboxylic acid groups (broad SMARTS) is 1. The fourth-order valence-electron chi connectivity index (χ4n) is 2.23. The van der Waals surface area contributed by atoms with E-state index in [0.29, 0.717) is 18.5 Å². The van der Waals surface area contributed by atoms with Gasteiger partial charge in [-0.25, -0.2) is 0 Å². The third kappa shape index (κ3) is 3.26. The number of nitrogens with zero attached hydrogens (tertiary/aromatic N) is 1. The molecule has 5 nitrogen and oxygen atoms in total. The second-order valence-electron chi connectivity index (χ2n) is 4.82. The fraction of sp³-hybridized carbons (Fsp3) is 0.333. The van der Waals surface area contributed by atoms with Crippen molar-refractivity contribution in [1.29, 1.82) is 0 Å². The van der Waals surface area contributed by atoms with E-state index in [-0.39, 0.29) is 18.2 Å². The molecule has 0 bridgehead atoms. The molecule has 1 heterocycles. The highest BCUT2D eigenvalue weighted by molar-refractivity contribution is 9.10. The minimum absolute atomic E-state index is 0.206. The molecule has 6 heteroatoms. The molecule has 2 aromatic rings. The van der Waals surface area contributed by atoms with Crippen molar-refractivity contribution in [2.75, 3.05) is 13.1 Å². The quantitative estimate of drug-likeness (QED) is 0.893. The van der Waals surface area contributed by atoms with Crippen LogP contribution in [-0.2, 0) is 4.79 Å². The zero-order valence-electron chi connectivity index (χ0n) is 11.9. The molecular weight excluding hydrogens is 338 g/mol. The van der Waals surface area contributed by atoms with Crippen molar-refractivity contribution in [3.05, 3.63) is 34.0 Å². The van der Waals surface area contributed by atoms with Crippen molar-refractivity contribution >= 4 is 38.8 Å². The third-order valence-electron chi connectivity index (χ3n) is 3.20. The minimum Gasteiger partial charge on any atom is -0.480 e. The first kappa shape index (κ1) is 15.6. The van der Waals surface area contributed by atoms with Gasteiger partial charge in [-0.3, -0.25) is 9.59 Å². The number of carbonyl (C=O) groups excluding carboxylic acids is 1. The molecule has 1 amide bonds. The van der Waals surface area contributed by atoms with Gasteiger partial charge in [-0.15, -0.1) is 0 Å². The summed E-state index contributed by atoms with van der Waals surface area (Å²) in [5.74, 6) is -1.21. The lowest BCUT2D eigenvalue weighted by atomic mass is 10.1. The monoisotopic (exact) mass is 353 g/mol. The zero-order valence-corrected chi connectivity index (χ0v) is 13.4. The molecule has 0 saturated carbocycles. The van der Waals surface area contributed by atoms with Crippen LogP contribution in [0.15, 0.2) is 27.1 Å². The number of halogens is 1. The van der Waals surface area contributed by atoms with E-state index in [1.54, 1.807) is 13.0 Å². The van der Waals surface area contributed by atoms with E-state index in [0.717, 1.165) is 15.4 Å². The Morgan fingerprint density at radius 1 is 1.38 bits per heavy atom. The number of amides is 1. The van der Waals surface area contributed by atoms with Crippen LogP contribution in [0.4, 0.5) is 0 Å². The van der Waals surface area contributed by atoms with Gasteiger partial charge in [0, 0.05) is 22.0 Å². The molecule has 112 valence electrons. The molecular formula is C15H16BrNO4. The summed E-state index contributed by atoms with van der Waals surface area (Å²) in [6.45, 7) is 3.75. The summed E-state index contributed by atoms with van der Waals surface area (Å²) >= 11 is 3.38. The van der Waals surface area contributed by atoms with Crippen LogP contribution in [0.1, 0.15) is 29.5 Å². The highest BCUT2D eigenvalue weighted by Gasteiger charge is 2.24. The van der Waals surface area contributed by atoms with Crippen molar-refractivity contribution < 1.29 is 19.1 Å². The molecule has 1 N–H and O–H groups in total. The second kappa shape index (κ2) is 6.30. The van der Waals surface area contributed by atoms with Crippen LogP contribution in [0.25, 0.3) is 11.0 Å². The molecule has 0 spiro atoms. The normalized spacial score (nSPS) is 10.8. The molecule has 1 aromatic carbocycles. The first-order valence-corrected chi connectivity index (χ1v) is 7.43. The number of hydrogen-bond acceptors (Lipinski definition) is 3. The van der Waals surface area contributed by atoms with Crippen molar-refractivity contribution in [3.8, 4) is 0 Å². The topological polar surface area (TPSA) is 70.8 Å². The van der Waals surface area contributed by atoms with E-state index < -0.39 is 5.97 Å². The standard InChI is InChI=1S/C15H16BrNO4/c1-3-6-17(8-13(18)19)15(20)14-9(2)11-7-10(16)4-5-12(11)21-14/h4-5,7H,3,6,8H2,1-2H3,(H,18,19). The van der Waals surface area contributed by atoms with Gasteiger partial charge >= 0.3 is 5.97 Å². The minimum atomic E-state index is -1.03. The molecule has 1 aromatic heterocycles. The summed E-state index contributed by atoms with van der Waals surface area (Å²) in [6.07, 6.45) is 0.684. The van der Waals surface area contributed by atoms with Gasteiger partial charge in [0.2, 0.25) is 0 Å². The Balaban J connectivity index is 2.41. The first-order chi connectivity index (χ1) is 9.93. The predicted octanol–water partition coefficient (Wildman–Crippen LogP) is 3.44. The Kier molecular flexibility index (Phi) is 4.67. The Morgan fingerprint density at radius 3 is 2.71 bits per heavy atom. The summed E-state index contributed by atoms with van der Waals surface area (Å²) in [5.41, 5.74) is 1.34. The number of hydrogen-bond donors (Lipinski definition) is 1. The molecule has 21 heavy (non-hydrogen) atoms. The van der Waals surface area contributed by atoms with Crippen LogP contribution in [-0.4, -0.2) is 35.0 Å². The number of aryl methyl sites for hydroxylation is 1. The van der Waals surface area contributed by atoms with Crippen LogP contribution in [0, 0.1) is 6.92 Å². The van der Waals surface area contributed by atoms with E-state index in [1.165, 1.54) is 4.90 Å². The van der Waals surface area contributed by atoms with Gasteiger partial charge in [0.15, 0.2) is 5.76 Å². The van der Waals surface area contributed by atoms with Crippen molar-refractivity contribution in [2.45, 2.75) is 20.3 Å². The largest absolute Gasteiger partial charge is 0.480 e. The molecule has 0 aliphatic rings. The van der Waals surface area contributed by atoms with E-state index in [2.05, 4.69) is 15.9 Å². The molecule has 0 aliphatic carbocycles. The summed E-state index contributed by atoms with van der Waals surface area (Å²) in [7, 11) is 0. The van der Waals surface area contributed by atoms with Crippen LogP contribution in [0.2, 0.25) is 0 Å². The zero-order chi connectivity index (χ0) is 15.6. The highest BCUT2D eigenvalue weighted by Crippen LogP contribution is 2.28. The summed E-state index contributed by atoms with van der Waals surface area (Å²) < 4.78 is 6.52. The Bertz CT molecular complexity index is 692. The first-order valence-electron chi connectivity index (χ1n) is 6.63. The second-order valence-corrected chi connectivity index (χ2v) is 5.73. The lowest BCUT2D eigenvalue weighted by Gasteiger charge is -2.18. The molecule has 0 unspecified atom stereocenters. The van der Waals surface area contributed by atoms with Gasteiger partial charge in [-0.1, -0.05) is 22.9 Å². The van der Waals surface area contributed by atoms with Crippen molar-refractivity contribution in [2.24, 2.45) is 0 Å². The summed E-state index contributed by atoms with van der Waals surface area (Å²) in [6, 6.07) is 5.50. The molecule has 0 atom stereocenters. The van der Waals surface area contributed by atoms with Crippen LogP contribution < -0.4 is 0 Å². The number of fused-ring (bicyclic) bond motifs is 1. The fourth-order valence-corrected chi connectivity index (χ4v) is 2.59. The van der Waals surface area contributed by atoms with Crippen LogP contribution >= 0.6 is 15.9 Å². The Hall–Kier alpha value is -1.82. The molecule has 0 saturated heterocycles. The summed E-state index contributed by atoms with van der Waals surface area (Å²) in [4.78, 5) is 24.7. The van der Waals surface area contributed by atoms with Crippen LogP contribution in [0.5, 0.6) is 0 Å². The van der Waals surface area contributed by atoms with Gasteiger partial charge in [-0.2, -0.15) is 0 Å². The maximum atomic E-state index is 12.5. The van der Waals surface area contributed by atoms with Gasteiger partial charge in [0.25, 0.3) is 5.91 Å². The summed E-state index contributed by atoms with van der Waals surface area (Å²) in [5, 5.41) is 9.77. The number of carbonyl (C=O) groups is 2. The van der Waals surface area contributed by atoms with E-state index in [4.69, 9.17) is 9.52 Å². The van der Waals surface area contributed by atoms with Gasteiger partial charge in [0.05, 0.1) is 0 Å². The number of furan rings is 1. The van der Waals surface area contributed by atoms with Crippen molar-refractivity contribution in [3.63, 3.8) is 0 Å². The molecule has 0 fully saturated rings. The Morgan fingerprint density at radius 2 is 2.10 bits per heavy atom. The third-order valence-corrected chi connectivity index (χ3v) is 3.69. The maximum Gasteiger partial charge on any atom is 0.323 e. The lowest BCUT2D eigenvalue weighted by molar-refractivity contribution is -0.137. The lowest BCUT2D eigenvalue weighted by Crippen LogP contribution is -2.36. The number of carboxylic acids is 1. The Labute approximate surface area is 130 Å². The average molecular weight is 354 g/mol. The SMILES string of the molecule is CCCN(CC(=O)O)C(=O)c1oc2ccc(Br)cc2c1C. The van der Waals surface area contributed by atoms with Gasteiger partial charge in [0.1, 0.15) is 12.1 Å². The maximum absolute atomic E-state index is 12.5. The van der Waals surface area contributed by atoms with Gasteiger partial charge in [-0.05, 0) is 31.5 Å². The van der Waals surface area contributed by atoms with Crippen LogP contribution in [0.3, 0.4) is 0 Å². The molecule has 2 rings (SSSR count). The molecule has 0 radical (unpaired) electrons. The molecule has 0 aliphatic heterocycles. The van der Waals surface area contributed by atoms with E-state index >= 15 is 0 Å². The van der Waals surface area contributed by atoms with E-state index in [9.17, 15) is 9.59 Å². The number of aliphatic carboxylic acids is 1. The van der Waals surface area contributed by atoms with E-state index in [1.807, 2.05) is 19.1 Å². The predicted molar refractivity (Wildman–Crippen MR) is 82.5 cm³/mol. The average Bonchev–Trinajstić information content (AvgIpc) is 2.74. The number of benzene rings is 1. The van der Waals surface area contributed by atoms with Gasteiger partial charge < -0.3 is 14.4 Å². The smallest absolute Gasteiger partial charge is 0.323 e. The van der Waals surface area contributed by atoms with Crippen molar-refractivity contribution in [1.82, 2.24) is 4.90 Å².